The van der Waals surface area contributed by atoms with E-state index in [2.05, 4.69) is 179 Å². The van der Waals surface area contributed by atoms with Crippen molar-refractivity contribution in [2.75, 3.05) is 0 Å². The minimum Gasteiger partial charge on any atom is -0.125 e. The quantitative estimate of drug-likeness (QED) is 0.0986. The summed E-state index contributed by atoms with van der Waals surface area (Å²) in [4.78, 5) is 0. The van der Waals surface area contributed by atoms with Crippen LogP contribution < -0.4 is 0 Å². The summed E-state index contributed by atoms with van der Waals surface area (Å²) in [6, 6.07) is 27.3. The van der Waals surface area contributed by atoms with Gasteiger partial charge in [0.25, 0.3) is 0 Å². The van der Waals surface area contributed by atoms with E-state index in [-0.39, 0.29) is 0 Å². The minimum atomic E-state index is -1.95. The molecular weight excluding hydrogens is 585 g/mol. The molecule has 238 valence electrons. The molecule has 0 bridgehead atoms. The molecule has 0 nitrogen and oxygen atoms in total. The fourth-order valence-electron chi connectivity index (χ4n) is 9.04. The first-order valence-electron chi connectivity index (χ1n) is 17.6. The second kappa shape index (κ2) is 13.1. The van der Waals surface area contributed by atoms with Gasteiger partial charge in [-0.3, -0.25) is 0 Å². The number of fused-ring (bicyclic) bond motifs is 4. The Bertz CT molecular complexity index is 1990. The third-order valence-corrected chi connectivity index (χ3v) is 23.9. The standard InChI is InChI=1S/C44H54Si2/c1-29(2)45(30(3)4,31(5)6)22-20-35-18-15-19-38-25-40-26-39-24-36-16-13-14-17-37(36)27-43(39)41(44(40)28-42(35)38)21-23-46(32(7)8,33(9)10)34(11)12/h13-19,24-34H,1-12H3. The lowest BCUT2D eigenvalue weighted by molar-refractivity contribution is 0.838. The van der Waals surface area contributed by atoms with Gasteiger partial charge < -0.3 is 0 Å². The third-order valence-electron chi connectivity index (χ3n) is 11.4. The maximum absolute atomic E-state index is 4.09. The van der Waals surface area contributed by atoms with Crippen LogP contribution in [0.3, 0.4) is 0 Å². The molecule has 0 aliphatic heterocycles. The Morgan fingerprint density at radius 2 is 0.804 bits per heavy atom. The van der Waals surface area contributed by atoms with E-state index in [1.165, 1.54) is 48.7 Å². The first kappa shape index (κ1) is 34.0. The molecule has 0 aliphatic carbocycles. The average molecular weight is 639 g/mol. The first-order chi connectivity index (χ1) is 21.7. The summed E-state index contributed by atoms with van der Waals surface area (Å²) in [5.74, 6) is 7.75. The molecule has 5 rings (SSSR count). The molecule has 0 unspecified atom stereocenters. The van der Waals surface area contributed by atoms with Crippen LogP contribution in [0.15, 0.2) is 72.8 Å². The van der Waals surface area contributed by atoms with Crippen LogP contribution in [0.1, 0.15) is 94.2 Å². The molecule has 0 atom stereocenters. The average Bonchev–Trinajstić information content (AvgIpc) is 2.98. The van der Waals surface area contributed by atoms with Crippen molar-refractivity contribution in [2.24, 2.45) is 0 Å². The van der Waals surface area contributed by atoms with Crippen molar-refractivity contribution in [2.45, 2.75) is 116 Å². The predicted molar refractivity (Wildman–Crippen MR) is 212 cm³/mol. The van der Waals surface area contributed by atoms with E-state index in [1.54, 1.807) is 0 Å². The topological polar surface area (TPSA) is 0 Å². The van der Waals surface area contributed by atoms with Gasteiger partial charge in [0.2, 0.25) is 0 Å². The highest BCUT2D eigenvalue weighted by Gasteiger charge is 2.42. The van der Waals surface area contributed by atoms with Gasteiger partial charge in [-0.05, 0) is 113 Å². The Kier molecular flexibility index (Phi) is 9.67. The Balaban J connectivity index is 1.89. The zero-order valence-corrected chi connectivity index (χ0v) is 32.4. The van der Waals surface area contributed by atoms with Gasteiger partial charge in [-0.15, -0.1) is 11.1 Å². The maximum atomic E-state index is 4.09. The van der Waals surface area contributed by atoms with Gasteiger partial charge in [-0.25, -0.2) is 0 Å². The van der Waals surface area contributed by atoms with E-state index in [1.807, 2.05) is 0 Å². The van der Waals surface area contributed by atoms with Crippen molar-refractivity contribution >= 4 is 59.2 Å². The van der Waals surface area contributed by atoms with E-state index in [0.29, 0.717) is 33.2 Å². The SMILES string of the molecule is CC(C)[Si](C#Cc1cccc2cc3cc4cc5ccccc5cc4c(C#C[Si](C(C)C)(C(C)C)C(C)C)c3cc12)(C(C)C)C(C)C. The molecule has 5 aromatic carbocycles. The highest BCUT2D eigenvalue weighted by molar-refractivity contribution is 6.91. The van der Waals surface area contributed by atoms with Crippen LogP contribution in [0.5, 0.6) is 0 Å². The van der Waals surface area contributed by atoms with Gasteiger partial charge in [-0.2, -0.15) is 0 Å². The minimum absolute atomic E-state index is 0.581. The number of hydrogen-bond donors (Lipinski definition) is 0. The molecule has 46 heavy (non-hydrogen) atoms. The number of rotatable bonds is 6. The first-order valence-corrected chi connectivity index (χ1v) is 22.1. The number of benzene rings is 5. The van der Waals surface area contributed by atoms with Gasteiger partial charge >= 0.3 is 0 Å². The Morgan fingerprint density at radius 3 is 1.33 bits per heavy atom. The molecule has 5 aromatic rings. The van der Waals surface area contributed by atoms with E-state index in [0.717, 1.165) is 5.56 Å². The second-order valence-electron chi connectivity index (χ2n) is 15.6. The molecule has 0 saturated carbocycles. The van der Waals surface area contributed by atoms with Crippen molar-refractivity contribution in [3.8, 4) is 22.9 Å². The van der Waals surface area contributed by atoms with E-state index in [4.69, 9.17) is 0 Å². The fraction of sp³-hybridized carbons (Fsp3) is 0.409. The summed E-state index contributed by atoms with van der Waals surface area (Å²) in [5, 5.41) is 10.0. The lowest BCUT2D eigenvalue weighted by atomic mass is 9.92. The summed E-state index contributed by atoms with van der Waals surface area (Å²) < 4.78 is 0. The lowest BCUT2D eigenvalue weighted by Crippen LogP contribution is -2.43. The molecule has 0 aromatic heterocycles. The summed E-state index contributed by atoms with van der Waals surface area (Å²) in [6.45, 7) is 28.8. The molecule has 0 radical (unpaired) electrons. The third kappa shape index (κ3) is 5.74. The molecule has 0 saturated heterocycles. The van der Waals surface area contributed by atoms with E-state index in [9.17, 15) is 0 Å². The molecule has 0 amide bonds. The maximum Gasteiger partial charge on any atom is 0.146 e. The molecule has 0 heterocycles. The van der Waals surface area contributed by atoms with Crippen LogP contribution in [0, 0.1) is 22.9 Å². The van der Waals surface area contributed by atoms with Gasteiger partial charge in [0, 0.05) is 11.1 Å². The zero-order valence-electron chi connectivity index (χ0n) is 30.4. The van der Waals surface area contributed by atoms with Crippen molar-refractivity contribution in [3.63, 3.8) is 0 Å². The highest BCUT2D eigenvalue weighted by atomic mass is 28.3. The van der Waals surface area contributed by atoms with E-state index >= 15 is 0 Å². The van der Waals surface area contributed by atoms with Crippen LogP contribution in [-0.4, -0.2) is 16.1 Å². The van der Waals surface area contributed by atoms with Crippen LogP contribution in [0.2, 0.25) is 33.2 Å². The zero-order chi connectivity index (χ0) is 33.6. The van der Waals surface area contributed by atoms with Gasteiger partial charge in [0.1, 0.15) is 16.1 Å². The van der Waals surface area contributed by atoms with Gasteiger partial charge in [0.05, 0.1) is 0 Å². The Labute approximate surface area is 281 Å². The van der Waals surface area contributed by atoms with Crippen molar-refractivity contribution < 1.29 is 0 Å². The second-order valence-corrected chi connectivity index (χ2v) is 26.7. The number of hydrogen-bond acceptors (Lipinski definition) is 0. The monoisotopic (exact) mass is 638 g/mol. The Hall–Kier alpha value is -3.31. The summed E-state index contributed by atoms with van der Waals surface area (Å²) in [5.41, 5.74) is 14.0. The lowest BCUT2D eigenvalue weighted by Gasteiger charge is -2.38. The Morgan fingerprint density at radius 1 is 0.391 bits per heavy atom. The summed E-state index contributed by atoms with van der Waals surface area (Å²) >= 11 is 0. The molecule has 0 aliphatic rings. The van der Waals surface area contributed by atoms with Crippen LogP contribution in [-0.2, 0) is 0 Å². The summed E-state index contributed by atoms with van der Waals surface area (Å²) in [7, 11) is -3.82. The van der Waals surface area contributed by atoms with E-state index < -0.39 is 16.1 Å². The molecule has 0 N–H and O–H groups in total. The van der Waals surface area contributed by atoms with Crippen LogP contribution >= 0.6 is 0 Å². The van der Waals surface area contributed by atoms with Crippen molar-refractivity contribution in [1.82, 2.24) is 0 Å². The smallest absolute Gasteiger partial charge is 0.125 e. The molecule has 0 fully saturated rings. The van der Waals surface area contributed by atoms with Crippen LogP contribution in [0.25, 0.3) is 43.1 Å². The molecular formula is C44H54Si2. The predicted octanol–water partition coefficient (Wildman–Crippen LogP) is 13.4. The normalized spacial score (nSPS) is 12.7. The molecule has 2 heteroatoms. The fourth-order valence-corrected chi connectivity index (χ4v) is 19.5. The van der Waals surface area contributed by atoms with Crippen LogP contribution in [0.4, 0.5) is 0 Å². The van der Waals surface area contributed by atoms with Gasteiger partial charge in [-0.1, -0.05) is 131 Å². The largest absolute Gasteiger partial charge is 0.146 e. The molecule has 0 spiro atoms. The van der Waals surface area contributed by atoms with Crippen molar-refractivity contribution in [1.29, 1.82) is 0 Å². The summed E-state index contributed by atoms with van der Waals surface area (Å²) in [6.07, 6.45) is 0. The highest BCUT2D eigenvalue weighted by Crippen LogP contribution is 2.43. The van der Waals surface area contributed by atoms with Crippen molar-refractivity contribution in [3.05, 3.63) is 83.9 Å². The van der Waals surface area contributed by atoms with Gasteiger partial charge in [0.15, 0.2) is 0 Å².